The molecular weight excluding hydrogens is 1190 g/mol. The maximum Gasteiger partial charge on any atom is 0.490 e. The second kappa shape index (κ2) is 58.7. The largest absolute Gasteiger partial charge is 0.490 e. The molecule has 0 unspecified atom stereocenters. The van der Waals surface area contributed by atoms with Crippen LogP contribution in [0.1, 0.15) is 245 Å². The van der Waals surface area contributed by atoms with Crippen LogP contribution in [0, 0.1) is 0 Å². The number of unbranched alkanes of at least 4 members (excludes halogenated alkanes) is 22. The Labute approximate surface area is 530 Å². The predicted molar refractivity (Wildman–Crippen MR) is 340 cm³/mol. The Hall–Kier alpha value is -6.64. The van der Waals surface area contributed by atoms with Gasteiger partial charge in [0.15, 0.2) is 11.9 Å². The lowest BCUT2D eigenvalue weighted by molar-refractivity contribution is -0.193. The van der Waals surface area contributed by atoms with Crippen LogP contribution in [0.4, 0.5) is 26.3 Å². The van der Waals surface area contributed by atoms with Crippen molar-refractivity contribution in [2.75, 3.05) is 39.3 Å². The number of primary amides is 1. The van der Waals surface area contributed by atoms with Crippen LogP contribution in [-0.2, 0) is 38.4 Å². The van der Waals surface area contributed by atoms with Gasteiger partial charge in [-0.15, -0.1) is 0 Å². The van der Waals surface area contributed by atoms with E-state index in [4.69, 9.17) is 48.5 Å². The van der Waals surface area contributed by atoms with E-state index in [1.807, 2.05) is 0 Å². The lowest BCUT2D eigenvalue weighted by Crippen LogP contribution is -2.53. The van der Waals surface area contributed by atoms with E-state index in [9.17, 15) is 55.1 Å². The van der Waals surface area contributed by atoms with Crippen LogP contribution in [0.3, 0.4) is 0 Å². The van der Waals surface area contributed by atoms with Gasteiger partial charge in [0.1, 0.15) is 12.1 Å². The second-order valence-corrected chi connectivity index (χ2v) is 22.0. The summed E-state index contributed by atoms with van der Waals surface area (Å²) in [6.45, 7) is 6.43. The van der Waals surface area contributed by atoms with Crippen molar-refractivity contribution in [3.8, 4) is 0 Å². The van der Waals surface area contributed by atoms with Gasteiger partial charge in [-0.05, 0) is 103 Å². The van der Waals surface area contributed by atoms with Crippen molar-refractivity contribution in [2.45, 2.75) is 269 Å². The number of hydrogen-bond acceptors (Lipinski definition) is 10. The molecule has 22 nitrogen and oxygen atoms in total. The Morgan fingerprint density at radius 3 is 1.10 bits per heavy atom. The lowest BCUT2D eigenvalue weighted by Gasteiger charge is -2.24. The molecular formula is C62H112F6N12O10. The topological polar surface area (TPSA) is 383 Å². The van der Waals surface area contributed by atoms with Gasteiger partial charge in [-0.2, -0.15) is 26.3 Å². The summed E-state index contributed by atoms with van der Waals surface area (Å²) >= 11 is 0. The van der Waals surface area contributed by atoms with E-state index in [0.717, 1.165) is 64.2 Å². The highest BCUT2D eigenvalue weighted by atomic mass is 19.4. The molecule has 0 aliphatic rings. The number of carbonyl (C=O) groups excluding carboxylic acids is 6. The number of carboxylic acids is 2. The minimum absolute atomic E-state index is 0.00823. The molecule has 0 aliphatic heterocycles. The fourth-order valence-electron chi connectivity index (χ4n) is 8.72. The zero-order valence-electron chi connectivity index (χ0n) is 53.8. The number of halogens is 6. The van der Waals surface area contributed by atoms with Crippen molar-refractivity contribution in [1.29, 1.82) is 0 Å². The standard InChI is InChI=1S/C58H110N12O6.2C2HF3O2/c1-3-5-7-9-11-13-15-17-19-21-23-25-27-29-31-39-51(71)64-45-35-47-70(48-36-46-65-52(72)40-32-30-28-26-24-22-20-18-16-14-12-10-8-6-4-2)54(74)42-41-53(73)68-50(38-34-44-67-58(62)63)56(76)69-49(55(59)75)37-33-43-66-57(60)61;2*3-2(4,5)1(6)7/h17-20,49-50H,3-16,21-48H2,1-2H3,(H2,59,75)(H,64,71)(H,65,72)(H,68,73)(H,69,76)(H4,60,61,66)(H4,62,63,67);2*(H,6,7)/b19-17-,20-18-;;/t49-,50-;;/m0../s1. The van der Waals surface area contributed by atoms with E-state index in [1.165, 1.54) is 103 Å². The van der Waals surface area contributed by atoms with Crippen LogP contribution >= 0.6 is 0 Å². The van der Waals surface area contributed by atoms with Gasteiger partial charge >= 0.3 is 24.3 Å². The second-order valence-electron chi connectivity index (χ2n) is 22.0. The number of aliphatic carboxylic acids is 2. The molecule has 0 saturated carbocycles. The highest BCUT2D eigenvalue weighted by molar-refractivity contribution is 5.92. The summed E-state index contributed by atoms with van der Waals surface area (Å²) < 4.78 is 63.5. The van der Waals surface area contributed by atoms with Crippen LogP contribution in [-0.4, -0.2) is 138 Å². The average molecular weight is 1300 g/mol. The lowest BCUT2D eigenvalue weighted by atomic mass is 10.1. The third kappa shape index (κ3) is 61.6. The molecule has 6 amide bonds. The first-order valence-corrected chi connectivity index (χ1v) is 32.4. The molecule has 0 rings (SSSR count). The quantitative estimate of drug-likeness (QED) is 0.00888. The molecule has 2 atom stereocenters. The van der Waals surface area contributed by atoms with Gasteiger partial charge in [0, 0.05) is 65.0 Å². The summed E-state index contributed by atoms with van der Waals surface area (Å²) in [5, 5.41) is 25.6. The van der Waals surface area contributed by atoms with Crippen molar-refractivity contribution < 1.29 is 74.9 Å². The van der Waals surface area contributed by atoms with E-state index in [1.54, 1.807) is 4.90 Å². The van der Waals surface area contributed by atoms with Crippen molar-refractivity contribution >= 4 is 59.3 Å². The van der Waals surface area contributed by atoms with Crippen LogP contribution in [0.2, 0.25) is 0 Å². The maximum atomic E-state index is 13.7. The molecule has 90 heavy (non-hydrogen) atoms. The minimum atomic E-state index is -5.08. The summed E-state index contributed by atoms with van der Waals surface area (Å²) in [4.78, 5) is 105. The fraction of sp³-hybridized carbons (Fsp3) is 0.774. The molecule has 522 valence electrons. The number of nitrogens with zero attached hydrogens (tertiary/aromatic N) is 3. The van der Waals surface area contributed by atoms with E-state index in [0.29, 0.717) is 64.7 Å². The summed E-state index contributed by atoms with van der Waals surface area (Å²) in [6, 6.07) is -2.11. The van der Waals surface area contributed by atoms with Gasteiger partial charge in [0.25, 0.3) is 0 Å². The first kappa shape index (κ1) is 87.6. The van der Waals surface area contributed by atoms with Gasteiger partial charge < -0.3 is 65.0 Å². The number of allylic oxidation sites excluding steroid dienone is 4. The number of nitrogens with one attached hydrogen (secondary N) is 4. The van der Waals surface area contributed by atoms with Crippen LogP contribution in [0.5, 0.6) is 0 Å². The zero-order chi connectivity index (χ0) is 68.3. The SMILES string of the molecule is CCCCCCCC/C=C\CCCCCCCC(=O)NCCCN(CCCNC(=O)CCCCCCC/C=C\CCCCCCCC)C(=O)CCC(=O)N[C@@H](CCCN=C(N)N)C(=O)N[C@@H](CCCN=C(N)N)C(N)=O.O=C(O)C(F)(F)F.O=C(O)C(F)(F)F. The monoisotopic (exact) mass is 1300 g/mol. The molecule has 0 radical (unpaired) electrons. The third-order valence-electron chi connectivity index (χ3n) is 13.8. The average Bonchev–Trinajstić information content (AvgIpc) is 3.44. The number of rotatable bonds is 53. The summed E-state index contributed by atoms with van der Waals surface area (Å²) in [7, 11) is 0. The summed E-state index contributed by atoms with van der Waals surface area (Å²) in [5.74, 6) is -7.94. The maximum absolute atomic E-state index is 13.7. The molecule has 0 saturated heterocycles. The molecule has 0 aromatic rings. The van der Waals surface area contributed by atoms with E-state index in [-0.39, 0.29) is 68.4 Å². The minimum Gasteiger partial charge on any atom is -0.475 e. The van der Waals surface area contributed by atoms with Crippen LogP contribution in [0.15, 0.2) is 34.3 Å². The number of guanidine groups is 2. The highest BCUT2D eigenvalue weighted by Gasteiger charge is 2.39. The molecule has 0 aromatic carbocycles. The van der Waals surface area contributed by atoms with Gasteiger partial charge in [0.05, 0.1) is 0 Å². The molecule has 0 heterocycles. The van der Waals surface area contributed by atoms with E-state index >= 15 is 0 Å². The Balaban J connectivity index is -0.00000479. The Morgan fingerprint density at radius 1 is 0.433 bits per heavy atom. The fourth-order valence-corrected chi connectivity index (χ4v) is 8.72. The van der Waals surface area contributed by atoms with E-state index in [2.05, 4.69) is 69.4 Å². The summed E-state index contributed by atoms with van der Waals surface area (Å²) in [5.41, 5.74) is 27.3. The highest BCUT2D eigenvalue weighted by Crippen LogP contribution is 2.16. The van der Waals surface area contributed by atoms with Gasteiger partial charge in [-0.3, -0.25) is 38.8 Å². The number of carboxylic acid groups (broad SMARTS) is 2. The van der Waals surface area contributed by atoms with Gasteiger partial charge in [-0.25, -0.2) is 9.59 Å². The Morgan fingerprint density at radius 2 is 0.767 bits per heavy atom. The molecule has 0 bridgehead atoms. The van der Waals surface area contributed by atoms with Crippen molar-refractivity contribution in [3.05, 3.63) is 24.3 Å². The smallest absolute Gasteiger partial charge is 0.475 e. The number of nitrogens with two attached hydrogens (primary N) is 5. The number of amides is 6. The van der Waals surface area contributed by atoms with Gasteiger partial charge in [0.2, 0.25) is 35.4 Å². The third-order valence-corrected chi connectivity index (χ3v) is 13.8. The van der Waals surface area contributed by atoms with Crippen LogP contribution < -0.4 is 49.9 Å². The first-order chi connectivity index (χ1) is 42.7. The Kier molecular flexibility index (Phi) is 57.1. The molecule has 0 aromatic heterocycles. The van der Waals surface area contributed by atoms with Crippen LogP contribution in [0.25, 0.3) is 0 Å². The van der Waals surface area contributed by atoms with E-state index < -0.39 is 54.1 Å². The molecule has 0 spiro atoms. The van der Waals surface area contributed by atoms with Gasteiger partial charge in [-0.1, -0.05) is 141 Å². The molecule has 0 fully saturated rings. The van der Waals surface area contributed by atoms with Crippen molar-refractivity contribution in [3.63, 3.8) is 0 Å². The molecule has 0 aliphatic carbocycles. The normalized spacial score (nSPS) is 11.9. The predicted octanol–water partition coefficient (Wildman–Crippen LogP) is 9.51. The summed E-state index contributed by atoms with van der Waals surface area (Å²) in [6.07, 6.45) is 32.8. The number of alkyl halides is 6. The Bertz CT molecular complexity index is 1970. The zero-order valence-corrected chi connectivity index (χ0v) is 53.8. The number of carbonyl (C=O) groups is 8. The molecule has 16 N–H and O–H groups in total. The number of aliphatic imine (C=N–C) groups is 2. The number of hydrogen-bond donors (Lipinski definition) is 11. The first-order valence-electron chi connectivity index (χ1n) is 32.4. The van der Waals surface area contributed by atoms with Crippen molar-refractivity contribution in [2.24, 2.45) is 38.7 Å². The van der Waals surface area contributed by atoms with Crippen molar-refractivity contribution in [1.82, 2.24) is 26.2 Å². The molecule has 28 heteroatoms.